The van der Waals surface area contributed by atoms with Crippen molar-refractivity contribution in [2.24, 2.45) is 12.0 Å². The van der Waals surface area contributed by atoms with Gasteiger partial charge in [-0.25, -0.2) is 4.99 Å². The first-order valence-corrected chi connectivity index (χ1v) is 9.20. The molecule has 9 nitrogen and oxygen atoms in total. The van der Waals surface area contributed by atoms with Gasteiger partial charge in [0, 0.05) is 32.9 Å². The van der Waals surface area contributed by atoms with Crippen LogP contribution in [-0.2, 0) is 18.4 Å². The summed E-state index contributed by atoms with van der Waals surface area (Å²) < 4.78 is 6.75. The Bertz CT molecular complexity index is 863. The maximum absolute atomic E-state index is 12.6. The molecule has 2 heterocycles. The number of aliphatic imine (C=N–C) groups is 1. The molecule has 0 radical (unpaired) electrons. The van der Waals surface area contributed by atoms with Crippen LogP contribution >= 0.6 is 0 Å². The molecule has 1 amide bonds. The normalized spacial score (nSPS) is 15.1. The zero-order valence-electron chi connectivity index (χ0n) is 16.4. The molecular formula is C19H26N6O3. The Hall–Kier alpha value is -3.23. The van der Waals surface area contributed by atoms with Gasteiger partial charge in [-0.3, -0.25) is 9.48 Å². The molecule has 3 rings (SSSR count). The summed E-state index contributed by atoms with van der Waals surface area (Å²) in [6.45, 7) is 4.55. The van der Waals surface area contributed by atoms with Crippen LogP contribution in [0, 0.1) is 0 Å². The van der Waals surface area contributed by atoms with Gasteiger partial charge >= 0.3 is 0 Å². The predicted molar refractivity (Wildman–Crippen MR) is 107 cm³/mol. The number of hydrogen-bond acceptors (Lipinski definition) is 5. The Kier molecular flexibility index (Phi) is 6.03. The highest BCUT2D eigenvalue weighted by Gasteiger charge is 2.27. The molecule has 0 bridgehead atoms. The number of carbonyl (C=O) groups excluding carboxylic acids is 1. The van der Waals surface area contributed by atoms with Crippen molar-refractivity contribution in [3.05, 3.63) is 36.2 Å². The van der Waals surface area contributed by atoms with E-state index in [-0.39, 0.29) is 18.2 Å². The van der Waals surface area contributed by atoms with Gasteiger partial charge < -0.3 is 25.0 Å². The molecule has 0 spiro atoms. The van der Waals surface area contributed by atoms with E-state index in [0.717, 1.165) is 11.3 Å². The van der Waals surface area contributed by atoms with E-state index >= 15 is 0 Å². The number of nitrogens with zero attached hydrogens (tertiary/aromatic N) is 5. The standard InChI is InChI=1S/C19H26N6O3/c1-4-20-19(21-10-14-5-6-17(28-3)16(26)9-14)24-7-8-25(18(27)13-24)15-11-22-23(2)12-15/h5-6,9,11-12,26H,4,7-8,10,13H2,1-3H3,(H,20,21). The van der Waals surface area contributed by atoms with E-state index in [2.05, 4.69) is 15.4 Å². The van der Waals surface area contributed by atoms with Gasteiger partial charge in [-0.2, -0.15) is 5.10 Å². The van der Waals surface area contributed by atoms with E-state index in [1.165, 1.54) is 7.11 Å². The number of anilines is 1. The smallest absolute Gasteiger partial charge is 0.246 e. The number of amides is 1. The Labute approximate surface area is 164 Å². The fourth-order valence-corrected chi connectivity index (χ4v) is 3.10. The first-order valence-electron chi connectivity index (χ1n) is 9.20. The van der Waals surface area contributed by atoms with Crippen molar-refractivity contribution in [3.63, 3.8) is 0 Å². The maximum Gasteiger partial charge on any atom is 0.246 e. The van der Waals surface area contributed by atoms with Crippen molar-refractivity contribution in [1.82, 2.24) is 20.0 Å². The molecule has 0 aliphatic carbocycles. The van der Waals surface area contributed by atoms with E-state index in [4.69, 9.17) is 4.74 Å². The fourth-order valence-electron chi connectivity index (χ4n) is 3.10. The molecule has 28 heavy (non-hydrogen) atoms. The van der Waals surface area contributed by atoms with Crippen LogP contribution in [0.25, 0.3) is 0 Å². The third kappa shape index (κ3) is 4.36. The summed E-state index contributed by atoms with van der Waals surface area (Å²) in [7, 11) is 3.34. The van der Waals surface area contributed by atoms with Crippen molar-refractivity contribution in [3.8, 4) is 11.5 Å². The number of hydrogen-bond donors (Lipinski definition) is 2. The number of aromatic nitrogens is 2. The third-order valence-electron chi connectivity index (χ3n) is 4.51. The highest BCUT2D eigenvalue weighted by atomic mass is 16.5. The maximum atomic E-state index is 12.6. The number of aromatic hydroxyl groups is 1. The molecule has 1 aliphatic heterocycles. The summed E-state index contributed by atoms with van der Waals surface area (Å²) in [5, 5.41) is 17.3. The average Bonchev–Trinajstić information content (AvgIpc) is 3.11. The Morgan fingerprint density at radius 1 is 1.39 bits per heavy atom. The second kappa shape index (κ2) is 8.64. The first kappa shape index (κ1) is 19.5. The number of carbonyl (C=O) groups is 1. The van der Waals surface area contributed by atoms with Crippen LogP contribution in [0.3, 0.4) is 0 Å². The summed E-state index contributed by atoms with van der Waals surface area (Å²) in [6.07, 6.45) is 3.53. The predicted octanol–water partition coefficient (Wildman–Crippen LogP) is 0.949. The van der Waals surface area contributed by atoms with Crippen LogP contribution < -0.4 is 15.0 Å². The highest BCUT2D eigenvalue weighted by Crippen LogP contribution is 2.26. The van der Waals surface area contributed by atoms with Crippen molar-refractivity contribution in [2.75, 3.05) is 38.2 Å². The summed E-state index contributed by atoms with van der Waals surface area (Å²) >= 11 is 0. The topological polar surface area (TPSA) is 95.2 Å². The lowest BCUT2D eigenvalue weighted by atomic mass is 10.2. The molecule has 0 saturated carbocycles. The fraction of sp³-hybridized carbons (Fsp3) is 0.421. The van der Waals surface area contributed by atoms with Crippen LogP contribution in [0.4, 0.5) is 5.69 Å². The van der Waals surface area contributed by atoms with Gasteiger partial charge in [0.15, 0.2) is 17.5 Å². The van der Waals surface area contributed by atoms with Crippen molar-refractivity contribution in [1.29, 1.82) is 0 Å². The lowest BCUT2D eigenvalue weighted by Crippen LogP contribution is -2.55. The number of nitrogens with one attached hydrogen (secondary N) is 1. The molecule has 150 valence electrons. The average molecular weight is 386 g/mol. The van der Waals surface area contributed by atoms with Crippen LogP contribution in [-0.4, -0.2) is 64.9 Å². The largest absolute Gasteiger partial charge is 0.504 e. The first-order chi connectivity index (χ1) is 13.5. The second-order valence-corrected chi connectivity index (χ2v) is 6.52. The van der Waals surface area contributed by atoms with Gasteiger partial charge in [0.25, 0.3) is 0 Å². The number of benzene rings is 1. The Morgan fingerprint density at radius 2 is 2.21 bits per heavy atom. The van der Waals surface area contributed by atoms with Gasteiger partial charge in [-0.05, 0) is 24.6 Å². The van der Waals surface area contributed by atoms with E-state index in [1.807, 2.05) is 31.1 Å². The number of piperazine rings is 1. The molecule has 1 fully saturated rings. The van der Waals surface area contributed by atoms with Crippen LogP contribution in [0.2, 0.25) is 0 Å². The van der Waals surface area contributed by atoms with E-state index in [9.17, 15) is 9.90 Å². The molecule has 0 unspecified atom stereocenters. The minimum absolute atomic E-state index is 0.00643. The molecular weight excluding hydrogens is 360 g/mol. The molecule has 1 aromatic carbocycles. The van der Waals surface area contributed by atoms with Gasteiger partial charge in [0.2, 0.25) is 5.91 Å². The molecule has 1 saturated heterocycles. The molecule has 2 N–H and O–H groups in total. The Morgan fingerprint density at radius 3 is 2.82 bits per heavy atom. The number of ether oxygens (including phenoxy) is 1. The van der Waals surface area contributed by atoms with Crippen molar-refractivity contribution in [2.45, 2.75) is 13.5 Å². The van der Waals surface area contributed by atoms with E-state index in [1.54, 1.807) is 27.9 Å². The Balaban J connectivity index is 1.69. The summed E-state index contributed by atoms with van der Waals surface area (Å²) in [6, 6.07) is 5.21. The highest BCUT2D eigenvalue weighted by molar-refractivity contribution is 5.98. The van der Waals surface area contributed by atoms with Crippen molar-refractivity contribution >= 4 is 17.6 Å². The monoisotopic (exact) mass is 386 g/mol. The zero-order chi connectivity index (χ0) is 20.1. The quantitative estimate of drug-likeness (QED) is 0.587. The molecule has 2 aromatic rings. The second-order valence-electron chi connectivity index (χ2n) is 6.52. The SMILES string of the molecule is CCNC(=NCc1ccc(OC)c(O)c1)N1CCN(c2cnn(C)c2)C(=O)C1. The van der Waals surface area contributed by atoms with E-state index in [0.29, 0.717) is 37.9 Å². The number of rotatable bonds is 5. The van der Waals surface area contributed by atoms with Gasteiger partial charge in [-0.1, -0.05) is 6.07 Å². The van der Waals surface area contributed by atoms with Crippen LogP contribution in [0.15, 0.2) is 35.6 Å². The molecule has 0 atom stereocenters. The summed E-state index contributed by atoms with van der Waals surface area (Å²) in [5.41, 5.74) is 1.66. The molecule has 9 heteroatoms. The van der Waals surface area contributed by atoms with Crippen molar-refractivity contribution < 1.29 is 14.6 Å². The van der Waals surface area contributed by atoms with Gasteiger partial charge in [0.05, 0.1) is 25.5 Å². The van der Waals surface area contributed by atoms with E-state index < -0.39 is 0 Å². The zero-order valence-corrected chi connectivity index (χ0v) is 16.4. The number of phenolic OH excluding ortho intramolecular Hbond substituents is 1. The molecule has 1 aliphatic rings. The minimum atomic E-state index is 0.00643. The number of methoxy groups -OCH3 is 1. The third-order valence-corrected chi connectivity index (χ3v) is 4.51. The van der Waals surface area contributed by atoms with Gasteiger partial charge in [0.1, 0.15) is 6.54 Å². The lowest BCUT2D eigenvalue weighted by molar-refractivity contribution is -0.120. The van der Waals surface area contributed by atoms with Crippen LogP contribution in [0.5, 0.6) is 11.5 Å². The summed E-state index contributed by atoms with van der Waals surface area (Å²) in [4.78, 5) is 21.0. The van der Waals surface area contributed by atoms with Crippen LogP contribution in [0.1, 0.15) is 12.5 Å². The lowest BCUT2D eigenvalue weighted by Gasteiger charge is -2.35. The van der Waals surface area contributed by atoms with Gasteiger partial charge in [-0.15, -0.1) is 0 Å². The summed E-state index contributed by atoms with van der Waals surface area (Å²) in [5.74, 6) is 1.20. The number of phenols is 1. The molecule has 1 aromatic heterocycles. The number of guanidine groups is 1. The minimum Gasteiger partial charge on any atom is -0.504 e. The number of aryl methyl sites for hydroxylation is 1.